The van der Waals surface area contributed by atoms with Crippen molar-refractivity contribution < 1.29 is 4.79 Å². The van der Waals surface area contributed by atoms with E-state index in [1.54, 1.807) is 18.2 Å². The highest BCUT2D eigenvalue weighted by molar-refractivity contribution is 7.99. The average Bonchev–Trinajstić information content (AvgIpc) is 2.49. The van der Waals surface area contributed by atoms with Gasteiger partial charge >= 0.3 is 0 Å². The SMILES string of the molecule is O=C(CNCCN1CCSCC1)Nc1c(Cl)cccc1Cl. The van der Waals surface area contributed by atoms with Crippen LogP contribution in [0, 0.1) is 0 Å². The van der Waals surface area contributed by atoms with Gasteiger partial charge < -0.3 is 15.5 Å². The van der Waals surface area contributed by atoms with E-state index in [2.05, 4.69) is 15.5 Å². The second-order valence-corrected chi connectivity index (χ2v) is 6.81. The van der Waals surface area contributed by atoms with Crippen LogP contribution >= 0.6 is 35.0 Å². The largest absolute Gasteiger partial charge is 0.322 e. The fourth-order valence-electron chi connectivity index (χ4n) is 2.06. The van der Waals surface area contributed by atoms with Crippen LogP contribution in [0.25, 0.3) is 0 Å². The van der Waals surface area contributed by atoms with Gasteiger partial charge in [-0.1, -0.05) is 29.3 Å². The number of thioether (sulfide) groups is 1. The zero-order valence-electron chi connectivity index (χ0n) is 11.7. The van der Waals surface area contributed by atoms with E-state index in [0.29, 0.717) is 15.7 Å². The lowest BCUT2D eigenvalue weighted by atomic mass is 10.3. The summed E-state index contributed by atoms with van der Waals surface area (Å²) in [6.45, 7) is 4.29. The maximum absolute atomic E-state index is 11.9. The van der Waals surface area contributed by atoms with Gasteiger partial charge in [-0.15, -0.1) is 0 Å². The van der Waals surface area contributed by atoms with Gasteiger partial charge in [0, 0.05) is 37.7 Å². The second-order valence-electron chi connectivity index (χ2n) is 4.78. The number of amides is 1. The number of halogens is 2. The summed E-state index contributed by atoms with van der Waals surface area (Å²) in [5.74, 6) is 2.26. The minimum atomic E-state index is -0.140. The van der Waals surface area contributed by atoms with E-state index in [9.17, 15) is 4.79 Å². The summed E-state index contributed by atoms with van der Waals surface area (Å²) >= 11 is 14.0. The number of anilines is 1. The van der Waals surface area contributed by atoms with Crippen molar-refractivity contribution in [2.45, 2.75) is 0 Å². The molecule has 2 N–H and O–H groups in total. The summed E-state index contributed by atoms with van der Waals surface area (Å²) in [4.78, 5) is 14.3. The number of hydrogen-bond acceptors (Lipinski definition) is 4. The monoisotopic (exact) mass is 347 g/mol. The fourth-order valence-corrected chi connectivity index (χ4v) is 3.54. The highest BCUT2D eigenvalue weighted by Crippen LogP contribution is 2.29. The molecule has 1 amide bonds. The van der Waals surface area contributed by atoms with Gasteiger partial charge in [-0.2, -0.15) is 11.8 Å². The molecule has 1 aromatic rings. The quantitative estimate of drug-likeness (QED) is 0.776. The van der Waals surface area contributed by atoms with Gasteiger partial charge in [0.05, 0.1) is 22.3 Å². The predicted molar refractivity (Wildman–Crippen MR) is 91.7 cm³/mol. The minimum Gasteiger partial charge on any atom is -0.322 e. The van der Waals surface area contributed by atoms with E-state index in [0.717, 1.165) is 26.2 Å². The summed E-state index contributed by atoms with van der Waals surface area (Å²) in [6.07, 6.45) is 0. The van der Waals surface area contributed by atoms with E-state index in [1.807, 2.05) is 11.8 Å². The van der Waals surface area contributed by atoms with Crippen LogP contribution in [0.5, 0.6) is 0 Å². The summed E-state index contributed by atoms with van der Waals surface area (Å²) in [7, 11) is 0. The van der Waals surface area contributed by atoms with Crippen LogP contribution in [0.1, 0.15) is 0 Å². The molecule has 0 spiro atoms. The molecule has 4 nitrogen and oxygen atoms in total. The van der Waals surface area contributed by atoms with Crippen molar-refractivity contribution >= 4 is 46.6 Å². The molecular formula is C14H19Cl2N3OS. The molecule has 2 rings (SSSR count). The first kappa shape index (κ1) is 16.9. The van der Waals surface area contributed by atoms with Crippen molar-refractivity contribution in [3.05, 3.63) is 28.2 Å². The van der Waals surface area contributed by atoms with Gasteiger partial charge in [0.1, 0.15) is 0 Å². The number of benzene rings is 1. The van der Waals surface area contributed by atoms with E-state index < -0.39 is 0 Å². The molecule has 1 saturated heterocycles. The summed E-state index contributed by atoms with van der Waals surface area (Å²) < 4.78 is 0. The summed E-state index contributed by atoms with van der Waals surface area (Å²) in [5.41, 5.74) is 0.473. The Kier molecular flexibility index (Phi) is 7.13. The zero-order valence-corrected chi connectivity index (χ0v) is 14.0. The van der Waals surface area contributed by atoms with Gasteiger partial charge in [0.2, 0.25) is 5.91 Å². The number of hydrogen-bond donors (Lipinski definition) is 2. The van der Waals surface area contributed by atoms with Crippen molar-refractivity contribution in [3.8, 4) is 0 Å². The maximum atomic E-state index is 11.9. The molecule has 0 aromatic heterocycles. The Morgan fingerprint density at radius 2 is 1.90 bits per heavy atom. The first-order valence-corrected chi connectivity index (χ1v) is 8.82. The third kappa shape index (κ3) is 5.68. The molecule has 0 unspecified atom stereocenters. The highest BCUT2D eigenvalue weighted by atomic mass is 35.5. The smallest absolute Gasteiger partial charge is 0.238 e. The average molecular weight is 348 g/mol. The van der Waals surface area contributed by atoms with E-state index in [4.69, 9.17) is 23.2 Å². The van der Waals surface area contributed by atoms with Gasteiger partial charge in [-0.25, -0.2) is 0 Å². The Morgan fingerprint density at radius 3 is 2.57 bits per heavy atom. The molecule has 1 heterocycles. The van der Waals surface area contributed by atoms with Crippen LogP contribution in [-0.4, -0.2) is 55.0 Å². The predicted octanol–water partition coefficient (Wildman–Crippen LogP) is 2.57. The van der Waals surface area contributed by atoms with Crippen LogP contribution in [0.2, 0.25) is 10.0 Å². The number of carbonyl (C=O) groups is 1. The molecule has 7 heteroatoms. The Balaban J connectivity index is 1.67. The van der Waals surface area contributed by atoms with Gasteiger partial charge in [-0.05, 0) is 12.1 Å². The lowest BCUT2D eigenvalue weighted by molar-refractivity contribution is -0.115. The second kappa shape index (κ2) is 8.86. The summed E-state index contributed by atoms with van der Waals surface area (Å²) in [6, 6.07) is 5.14. The van der Waals surface area contributed by atoms with Crippen molar-refractivity contribution in [2.24, 2.45) is 0 Å². The van der Waals surface area contributed by atoms with Crippen molar-refractivity contribution in [3.63, 3.8) is 0 Å². The Morgan fingerprint density at radius 1 is 1.24 bits per heavy atom. The van der Waals surface area contributed by atoms with Gasteiger partial charge in [0.15, 0.2) is 0 Å². The molecule has 0 aliphatic carbocycles. The normalized spacial score (nSPS) is 15.9. The van der Waals surface area contributed by atoms with Crippen molar-refractivity contribution in [2.75, 3.05) is 49.5 Å². The van der Waals surface area contributed by atoms with Crippen LogP contribution in [0.3, 0.4) is 0 Å². The van der Waals surface area contributed by atoms with Crippen molar-refractivity contribution in [1.82, 2.24) is 10.2 Å². The number of nitrogens with one attached hydrogen (secondary N) is 2. The lowest BCUT2D eigenvalue weighted by Gasteiger charge is -2.26. The van der Waals surface area contributed by atoms with E-state index >= 15 is 0 Å². The molecule has 116 valence electrons. The molecule has 1 fully saturated rings. The van der Waals surface area contributed by atoms with Gasteiger partial charge in [-0.3, -0.25) is 4.79 Å². The number of rotatable bonds is 6. The first-order chi connectivity index (χ1) is 10.2. The molecule has 0 bridgehead atoms. The fraction of sp³-hybridized carbons (Fsp3) is 0.500. The molecule has 1 aromatic carbocycles. The topological polar surface area (TPSA) is 44.4 Å². The van der Waals surface area contributed by atoms with Crippen LogP contribution in [-0.2, 0) is 4.79 Å². The van der Waals surface area contributed by atoms with Crippen LogP contribution in [0.15, 0.2) is 18.2 Å². The standard InChI is InChI=1S/C14H19Cl2N3OS/c15-11-2-1-3-12(16)14(11)18-13(20)10-17-4-5-19-6-8-21-9-7-19/h1-3,17H,4-10H2,(H,18,20). The molecule has 1 aliphatic rings. The Hall–Kier alpha value is -0.460. The highest BCUT2D eigenvalue weighted by Gasteiger charge is 2.11. The molecule has 0 atom stereocenters. The molecule has 1 aliphatic heterocycles. The number of carbonyl (C=O) groups excluding carboxylic acids is 1. The zero-order chi connectivity index (χ0) is 15.1. The molecule has 0 radical (unpaired) electrons. The van der Waals surface area contributed by atoms with Crippen molar-refractivity contribution in [1.29, 1.82) is 0 Å². The van der Waals surface area contributed by atoms with Crippen LogP contribution < -0.4 is 10.6 Å². The first-order valence-electron chi connectivity index (χ1n) is 6.91. The van der Waals surface area contributed by atoms with Gasteiger partial charge in [0.25, 0.3) is 0 Å². The third-order valence-corrected chi connectivity index (χ3v) is 4.79. The number of nitrogens with zero attached hydrogens (tertiary/aromatic N) is 1. The minimum absolute atomic E-state index is 0.140. The Labute approximate surface area is 139 Å². The third-order valence-electron chi connectivity index (χ3n) is 3.22. The van der Waals surface area contributed by atoms with E-state index in [-0.39, 0.29) is 12.5 Å². The summed E-state index contributed by atoms with van der Waals surface area (Å²) in [5, 5.41) is 6.77. The maximum Gasteiger partial charge on any atom is 0.238 e. The number of para-hydroxylation sites is 1. The Bertz CT molecular complexity index is 461. The molecule has 21 heavy (non-hydrogen) atoms. The van der Waals surface area contributed by atoms with E-state index in [1.165, 1.54) is 11.5 Å². The van der Waals surface area contributed by atoms with Crippen LogP contribution in [0.4, 0.5) is 5.69 Å². The molecule has 0 saturated carbocycles. The molecular weight excluding hydrogens is 329 g/mol. The lowest BCUT2D eigenvalue weighted by Crippen LogP contribution is -2.39.